The number of carbonyl (C=O) groups is 1. The van der Waals surface area contributed by atoms with Gasteiger partial charge in [0.25, 0.3) is 0 Å². The molecule has 0 unspecified atom stereocenters. The molecule has 2 fully saturated rings. The molecule has 2 aliphatic heterocycles. The van der Waals surface area contributed by atoms with Crippen LogP contribution in [0, 0.1) is 5.41 Å². The average Bonchev–Trinajstić information content (AvgIpc) is 3.24. The van der Waals surface area contributed by atoms with Crippen molar-refractivity contribution in [2.45, 2.75) is 77.3 Å². The minimum atomic E-state index is -0.664. The molecular weight excluding hydrogens is 368 g/mol. The lowest BCUT2D eigenvalue weighted by Gasteiger charge is -2.41. The molecule has 1 amide bonds. The Morgan fingerprint density at radius 3 is 2.55 bits per heavy atom. The van der Waals surface area contributed by atoms with Gasteiger partial charge in [-0.25, -0.2) is 0 Å². The van der Waals surface area contributed by atoms with Gasteiger partial charge in [0.2, 0.25) is 5.91 Å². The number of allylic oxidation sites excluding steroid dienone is 1. The number of aliphatic hydroxyl groups is 1. The third-order valence-electron chi connectivity index (χ3n) is 7.33. The summed E-state index contributed by atoms with van der Waals surface area (Å²) >= 11 is 0. The molecule has 3 aliphatic rings. The molecule has 29 heavy (non-hydrogen) atoms. The van der Waals surface area contributed by atoms with E-state index < -0.39 is 5.54 Å². The summed E-state index contributed by atoms with van der Waals surface area (Å²) in [5.41, 5.74) is 1.57. The van der Waals surface area contributed by atoms with E-state index in [-0.39, 0.29) is 17.9 Å². The Labute approximate surface area is 175 Å². The lowest BCUT2D eigenvalue weighted by atomic mass is 9.76. The maximum atomic E-state index is 13.2. The second-order valence-corrected chi connectivity index (χ2v) is 9.28. The fourth-order valence-electron chi connectivity index (χ4n) is 4.93. The van der Waals surface area contributed by atoms with Gasteiger partial charge in [0.15, 0.2) is 5.88 Å². The highest BCUT2D eigenvalue weighted by atomic mass is 16.5. The van der Waals surface area contributed by atoms with Gasteiger partial charge in [0.05, 0.1) is 12.1 Å². The van der Waals surface area contributed by atoms with Gasteiger partial charge >= 0.3 is 0 Å². The first-order chi connectivity index (χ1) is 13.8. The summed E-state index contributed by atoms with van der Waals surface area (Å²) in [6, 6.07) is 0.337. The molecule has 1 aliphatic carbocycles. The standard InChI is InChI=1S/C23H38N2O4/c1-5-17-15-29-20(14-19(17)23(16-26)10-6-7-11-23)24-21(27)22(2,3)25(4)18-8-12-28-13-9-18/h14,18,26H,5-13,15-16H2,1-4H3,(H,24,27). The average molecular weight is 407 g/mol. The molecule has 1 saturated carbocycles. The molecule has 0 aromatic heterocycles. The molecular formula is C23H38N2O4. The van der Waals surface area contributed by atoms with E-state index in [4.69, 9.17) is 9.47 Å². The summed E-state index contributed by atoms with van der Waals surface area (Å²) in [5.74, 6) is 0.442. The van der Waals surface area contributed by atoms with Crippen molar-refractivity contribution in [2.24, 2.45) is 5.41 Å². The third-order valence-corrected chi connectivity index (χ3v) is 7.33. The Bertz CT molecular complexity index is 656. The predicted molar refractivity (Wildman–Crippen MR) is 113 cm³/mol. The Hall–Kier alpha value is -1.37. The van der Waals surface area contributed by atoms with Crippen LogP contribution in [0.3, 0.4) is 0 Å². The predicted octanol–water partition coefficient (Wildman–Crippen LogP) is 3.12. The monoisotopic (exact) mass is 406 g/mol. The molecule has 6 heteroatoms. The van der Waals surface area contributed by atoms with Crippen molar-refractivity contribution < 1.29 is 19.4 Å². The van der Waals surface area contributed by atoms with Crippen molar-refractivity contribution in [1.29, 1.82) is 0 Å². The zero-order valence-corrected chi connectivity index (χ0v) is 18.6. The van der Waals surface area contributed by atoms with Gasteiger partial charge in [0.1, 0.15) is 6.61 Å². The number of likely N-dealkylation sites (N-methyl/N-ethyl adjacent to an activating group) is 1. The maximum Gasteiger partial charge on any atom is 0.246 e. The van der Waals surface area contributed by atoms with Crippen LogP contribution in [0.1, 0.15) is 65.7 Å². The first-order valence-electron chi connectivity index (χ1n) is 11.1. The molecule has 0 atom stereocenters. The van der Waals surface area contributed by atoms with Crippen molar-refractivity contribution in [3.8, 4) is 0 Å². The number of nitrogens with zero attached hydrogens (tertiary/aromatic N) is 1. The summed E-state index contributed by atoms with van der Waals surface area (Å²) in [6.07, 6.45) is 9.03. The minimum Gasteiger partial charge on any atom is -0.474 e. The second kappa shape index (κ2) is 9.19. The molecule has 0 bridgehead atoms. The van der Waals surface area contributed by atoms with E-state index in [1.165, 1.54) is 11.1 Å². The van der Waals surface area contributed by atoms with Crippen LogP contribution < -0.4 is 5.32 Å². The molecule has 0 aromatic carbocycles. The van der Waals surface area contributed by atoms with Crippen molar-refractivity contribution in [3.05, 3.63) is 23.1 Å². The minimum absolute atomic E-state index is 0.0680. The number of amides is 1. The van der Waals surface area contributed by atoms with Gasteiger partial charge in [-0.3, -0.25) is 15.0 Å². The van der Waals surface area contributed by atoms with Crippen LogP contribution in [-0.4, -0.2) is 61.0 Å². The fourth-order valence-corrected chi connectivity index (χ4v) is 4.93. The molecule has 0 spiro atoms. The van der Waals surface area contributed by atoms with Crippen LogP contribution in [0.4, 0.5) is 0 Å². The number of ether oxygens (including phenoxy) is 2. The largest absolute Gasteiger partial charge is 0.474 e. The Balaban J connectivity index is 1.76. The van der Waals surface area contributed by atoms with Gasteiger partial charge in [-0.1, -0.05) is 19.8 Å². The number of rotatable bonds is 7. The lowest BCUT2D eigenvalue weighted by Crippen LogP contribution is -2.57. The van der Waals surface area contributed by atoms with Crippen LogP contribution >= 0.6 is 0 Å². The zero-order valence-electron chi connectivity index (χ0n) is 18.6. The number of hydrogen-bond donors (Lipinski definition) is 2. The fraction of sp³-hybridized carbons (Fsp3) is 0.783. The van der Waals surface area contributed by atoms with Crippen molar-refractivity contribution >= 4 is 5.91 Å². The van der Waals surface area contributed by atoms with E-state index in [0.717, 1.165) is 58.2 Å². The maximum absolute atomic E-state index is 13.2. The van der Waals surface area contributed by atoms with E-state index in [1.807, 2.05) is 27.0 Å². The number of aliphatic hydroxyl groups excluding tert-OH is 1. The van der Waals surface area contributed by atoms with Crippen molar-refractivity contribution in [1.82, 2.24) is 10.2 Å². The Kier molecular flexibility index (Phi) is 7.07. The second-order valence-electron chi connectivity index (χ2n) is 9.28. The van der Waals surface area contributed by atoms with Gasteiger partial charge < -0.3 is 14.6 Å². The van der Waals surface area contributed by atoms with E-state index in [9.17, 15) is 9.90 Å². The van der Waals surface area contributed by atoms with E-state index in [1.54, 1.807) is 0 Å². The molecule has 1 saturated heterocycles. The van der Waals surface area contributed by atoms with Gasteiger partial charge in [-0.15, -0.1) is 0 Å². The van der Waals surface area contributed by atoms with E-state index >= 15 is 0 Å². The number of carbonyl (C=O) groups excluding carboxylic acids is 1. The smallest absolute Gasteiger partial charge is 0.246 e. The molecule has 2 N–H and O–H groups in total. The molecule has 0 aromatic rings. The summed E-state index contributed by atoms with van der Waals surface area (Å²) in [7, 11) is 2.02. The molecule has 6 nitrogen and oxygen atoms in total. The van der Waals surface area contributed by atoms with Crippen LogP contribution in [-0.2, 0) is 14.3 Å². The summed E-state index contributed by atoms with van der Waals surface area (Å²) in [4.78, 5) is 15.3. The van der Waals surface area contributed by atoms with Crippen molar-refractivity contribution in [2.75, 3.05) is 33.5 Å². The highest BCUT2D eigenvalue weighted by Gasteiger charge is 2.40. The Morgan fingerprint density at radius 2 is 1.97 bits per heavy atom. The topological polar surface area (TPSA) is 71.0 Å². The van der Waals surface area contributed by atoms with Crippen LogP contribution in [0.15, 0.2) is 23.1 Å². The van der Waals surface area contributed by atoms with Crippen LogP contribution in [0.25, 0.3) is 0 Å². The molecule has 164 valence electrons. The normalized spacial score (nSPS) is 23.2. The first kappa shape index (κ1) is 22.3. The van der Waals surface area contributed by atoms with Gasteiger partial charge in [-0.05, 0) is 64.1 Å². The van der Waals surface area contributed by atoms with E-state index in [2.05, 4.69) is 17.1 Å². The van der Waals surface area contributed by atoms with Crippen LogP contribution in [0.2, 0.25) is 0 Å². The molecule has 0 radical (unpaired) electrons. The molecule has 2 heterocycles. The SMILES string of the molecule is CCC1=C(C2(CO)CCCC2)C=C(NC(=O)C(C)(C)N(C)C2CCOCC2)OC1. The quantitative estimate of drug-likeness (QED) is 0.680. The first-order valence-corrected chi connectivity index (χ1v) is 11.1. The Morgan fingerprint density at radius 1 is 1.31 bits per heavy atom. The molecule has 3 rings (SSSR count). The lowest BCUT2D eigenvalue weighted by molar-refractivity contribution is -0.133. The summed E-state index contributed by atoms with van der Waals surface area (Å²) in [6.45, 7) is 8.18. The third kappa shape index (κ3) is 4.54. The number of nitrogens with one attached hydrogen (secondary N) is 1. The highest BCUT2D eigenvalue weighted by Crippen LogP contribution is 2.47. The van der Waals surface area contributed by atoms with Gasteiger partial charge in [-0.2, -0.15) is 0 Å². The highest BCUT2D eigenvalue weighted by molar-refractivity contribution is 5.86. The van der Waals surface area contributed by atoms with E-state index in [0.29, 0.717) is 18.5 Å². The summed E-state index contributed by atoms with van der Waals surface area (Å²) < 4.78 is 11.4. The summed E-state index contributed by atoms with van der Waals surface area (Å²) in [5, 5.41) is 13.2. The number of hydrogen-bond acceptors (Lipinski definition) is 5. The zero-order chi connectivity index (χ0) is 21.1. The van der Waals surface area contributed by atoms with Crippen molar-refractivity contribution in [3.63, 3.8) is 0 Å². The van der Waals surface area contributed by atoms with Crippen LogP contribution in [0.5, 0.6) is 0 Å². The van der Waals surface area contributed by atoms with Gasteiger partial charge in [0, 0.05) is 30.7 Å².